The van der Waals surface area contributed by atoms with Gasteiger partial charge in [-0.1, -0.05) is 67.4 Å². The predicted octanol–water partition coefficient (Wildman–Crippen LogP) is 1.94. The smallest absolute Gasteiger partial charge is 0.317 e. The number of benzene rings is 2. The first-order valence-corrected chi connectivity index (χ1v) is 17.5. The van der Waals surface area contributed by atoms with Crippen LogP contribution < -0.4 is 16.4 Å². The van der Waals surface area contributed by atoms with Gasteiger partial charge in [0.05, 0.1) is 43.5 Å². The molecule has 1 aliphatic carbocycles. The van der Waals surface area contributed by atoms with Gasteiger partial charge >= 0.3 is 17.9 Å². The number of amides is 2. The van der Waals surface area contributed by atoms with Crippen LogP contribution in [0.25, 0.3) is 0 Å². The zero-order valence-electron chi connectivity index (χ0n) is 29.4. The number of pyridine rings is 1. The van der Waals surface area contributed by atoms with Crippen molar-refractivity contribution in [3.05, 3.63) is 101 Å². The van der Waals surface area contributed by atoms with Crippen LogP contribution >= 0.6 is 0 Å². The number of nitrogens with zero attached hydrogens (tertiary/aromatic N) is 3. The minimum absolute atomic E-state index is 0.0964. The molecule has 53 heavy (non-hydrogen) atoms. The Bertz CT molecular complexity index is 1700. The number of carbonyl (C=O) groups is 6. The van der Waals surface area contributed by atoms with E-state index in [1.165, 1.54) is 11.1 Å². The average molecular weight is 731 g/mol. The van der Waals surface area contributed by atoms with E-state index in [1.807, 2.05) is 30.3 Å². The number of hydrogen-bond acceptors (Lipinski definition) is 10. The molecule has 2 amide bonds. The van der Waals surface area contributed by atoms with E-state index in [0.717, 1.165) is 24.0 Å². The van der Waals surface area contributed by atoms with Crippen LogP contribution in [0.3, 0.4) is 0 Å². The van der Waals surface area contributed by atoms with Gasteiger partial charge in [0.1, 0.15) is 0 Å². The molecule has 7 N–H and O–H groups in total. The van der Waals surface area contributed by atoms with Crippen molar-refractivity contribution in [1.82, 2.24) is 25.4 Å². The van der Waals surface area contributed by atoms with Crippen molar-refractivity contribution in [1.29, 1.82) is 0 Å². The number of nitrogens with one attached hydrogen (secondary N) is 2. The van der Waals surface area contributed by atoms with E-state index in [-0.39, 0.29) is 37.5 Å². The molecule has 15 heteroatoms. The Morgan fingerprint density at radius 2 is 1.32 bits per heavy atom. The summed E-state index contributed by atoms with van der Waals surface area (Å²) in [5.74, 6) is -4.51. The zero-order valence-corrected chi connectivity index (χ0v) is 29.4. The van der Waals surface area contributed by atoms with Crippen molar-refractivity contribution in [2.45, 2.75) is 69.7 Å². The van der Waals surface area contributed by atoms with Crippen molar-refractivity contribution in [2.75, 3.05) is 26.2 Å². The molecule has 0 aliphatic heterocycles. The molecule has 1 heterocycles. The molecule has 1 saturated carbocycles. The highest BCUT2D eigenvalue weighted by Gasteiger charge is 2.36. The molecule has 0 spiro atoms. The van der Waals surface area contributed by atoms with Gasteiger partial charge in [0.25, 0.3) is 5.91 Å². The van der Waals surface area contributed by atoms with Crippen molar-refractivity contribution in [3.63, 3.8) is 0 Å². The second-order valence-corrected chi connectivity index (χ2v) is 13.1. The number of carbonyl (C=O) groups excluding carboxylic acids is 3. The summed E-state index contributed by atoms with van der Waals surface area (Å²) in [6.07, 6.45) is 5.10. The highest BCUT2D eigenvalue weighted by atomic mass is 16.4. The summed E-state index contributed by atoms with van der Waals surface area (Å²) in [6.45, 7) is -1.25. The second kappa shape index (κ2) is 19.9. The molecule has 0 saturated heterocycles. The Hall–Kier alpha value is -5.51. The maximum atomic E-state index is 12.9. The number of aliphatic carboxylic acids is 3. The van der Waals surface area contributed by atoms with E-state index in [1.54, 1.807) is 41.3 Å². The van der Waals surface area contributed by atoms with Gasteiger partial charge in [0.2, 0.25) is 5.91 Å². The zero-order chi connectivity index (χ0) is 38.3. The summed E-state index contributed by atoms with van der Waals surface area (Å²) in [5.41, 5.74) is 8.96. The van der Waals surface area contributed by atoms with Crippen LogP contribution in [0.4, 0.5) is 0 Å². The molecule has 15 nitrogen and oxygen atoms in total. The van der Waals surface area contributed by atoms with Gasteiger partial charge in [-0.05, 0) is 48.9 Å². The number of Topliss-reactive ketones (excluding diaryl/α,β-unsaturated/α-hetero) is 1. The van der Waals surface area contributed by atoms with Gasteiger partial charge in [0.15, 0.2) is 5.78 Å². The first kappa shape index (κ1) is 40.3. The second-order valence-electron chi connectivity index (χ2n) is 13.1. The number of aromatic nitrogens is 1. The highest BCUT2D eigenvalue weighted by molar-refractivity contribution is 5.99. The fraction of sp³-hybridized carbons (Fsp3) is 0.395. The highest BCUT2D eigenvalue weighted by Crippen LogP contribution is 2.28. The minimum Gasteiger partial charge on any atom is -0.480 e. The van der Waals surface area contributed by atoms with Crippen LogP contribution in [-0.4, -0.2) is 110 Å². The summed E-state index contributed by atoms with van der Waals surface area (Å²) < 4.78 is 0. The molecular weight excluding hydrogens is 684 g/mol. The van der Waals surface area contributed by atoms with E-state index >= 15 is 0 Å². The lowest BCUT2D eigenvalue weighted by Gasteiger charge is -2.43. The Kier molecular flexibility index (Phi) is 15.1. The monoisotopic (exact) mass is 730 g/mol. The molecular formula is C38H46N6O9. The van der Waals surface area contributed by atoms with E-state index in [4.69, 9.17) is 5.73 Å². The molecule has 2 aromatic carbocycles. The number of aryl methyl sites for hydroxylation is 1. The first-order chi connectivity index (χ1) is 25.4. The van der Waals surface area contributed by atoms with Crippen LogP contribution in [0.1, 0.15) is 69.6 Å². The SMILES string of the molecule is N[C@H](CCc1ccccc1)C(=O)NCC(=O)c1ccc(CNC(=O)c2ccc(CN(CC(=O)O)[C@H]3CCCCC3N(CC(=O)O)CC(=O)O)nc2)cc1. The lowest BCUT2D eigenvalue weighted by Crippen LogP contribution is -2.56. The predicted molar refractivity (Wildman–Crippen MR) is 193 cm³/mol. The third-order valence-corrected chi connectivity index (χ3v) is 9.17. The lowest BCUT2D eigenvalue weighted by molar-refractivity contribution is -0.146. The standard InChI is InChI=1S/C38H46N6O9/c39-30(17-12-25-6-2-1-3-7-25)38(53)42-20-33(45)27-13-10-26(11-14-27)18-41-37(52)28-15-16-29(40-19-28)21-43(22-34(46)47)31-8-4-5-9-32(31)44(23-35(48)49)24-36(50)51/h1-3,6-7,10-11,13-16,19,30-32H,4-5,8-9,12,17-18,20-24,39H2,(H,41,52)(H,42,53)(H,46,47)(H,48,49)(H,50,51)/t30-,31+,32?/m1/s1. The van der Waals surface area contributed by atoms with Gasteiger partial charge < -0.3 is 31.7 Å². The fourth-order valence-corrected chi connectivity index (χ4v) is 6.50. The summed E-state index contributed by atoms with van der Waals surface area (Å²) in [7, 11) is 0. The van der Waals surface area contributed by atoms with Gasteiger partial charge in [-0.15, -0.1) is 0 Å². The lowest BCUT2D eigenvalue weighted by atomic mass is 9.87. The summed E-state index contributed by atoms with van der Waals surface area (Å²) in [6, 6.07) is 17.9. The molecule has 1 unspecified atom stereocenters. The van der Waals surface area contributed by atoms with Gasteiger partial charge in [-0.3, -0.25) is 43.6 Å². The third kappa shape index (κ3) is 12.9. The van der Waals surface area contributed by atoms with Gasteiger partial charge in [0, 0.05) is 36.9 Å². The number of ketones is 1. The summed E-state index contributed by atoms with van der Waals surface area (Å²) >= 11 is 0. The number of rotatable bonds is 20. The number of hydrogen-bond donors (Lipinski definition) is 6. The van der Waals surface area contributed by atoms with Gasteiger partial charge in [-0.2, -0.15) is 0 Å². The minimum atomic E-state index is -1.17. The Morgan fingerprint density at radius 3 is 1.91 bits per heavy atom. The molecule has 4 rings (SSSR count). The number of carboxylic acid groups (broad SMARTS) is 3. The van der Waals surface area contributed by atoms with Crippen LogP contribution in [0.2, 0.25) is 0 Å². The first-order valence-electron chi connectivity index (χ1n) is 17.5. The quantitative estimate of drug-likeness (QED) is 0.0914. The molecule has 282 valence electrons. The largest absolute Gasteiger partial charge is 0.480 e. The van der Waals surface area contributed by atoms with Crippen molar-refractivity contribution < 1.29 is 44.1 Å². The summed E-state index contributed by atoms with van der Waals surface area (Å²) in [5, 5.41) is 33.9. The maximum absolute atomic E-state index is 12.9. The van der Waals surface area contributed by atoms with E-state index in [9.17, 15) is 44.1 Å². The molecule has 3 atom stereocenters. The Balaban J connectivity index is 1.28. The molecule has 0 bridgehead atoms. The average Bonchev–Trinajstić information content (AvgIpc) is 3.14. The fourth-order valence-electron chi connectivity index (χ4n) is 6.50. The van der Waals surface area contributed by atoms with Crippen LogP contribution in [-0.2, 0) is 38.7 Å². The molecule has 1 fully saturated rings. The third-order valence-electron chi connectivity index (χ3n) is 9.17. The van der Waals surface area contributed by atoms with E-state index < -0.39 is 60.9 Å². The molecule has 3 aromatic rings. The Morgan fingerprint density at radius 1 is 0.736 bits per heavy atom. The van der Waals surface area contributed by atoms with Crippen LogP contribution in [0.15, 0.2) is 72.9 Å². The number of nitrogens with two attached hydrogens (primary N) is 1. The number of carboxylic acids is 3. The maximum Gasteiger partial charge on any atom is 0.317 e. The normalized spacial score (nSPS) is 16.1. The van der Waals surface area contributed by atoms with Gasteiger partial charge in [-0.25, -0.2) is 0 Å². The van der Waals surface area contributed by atoms with Crippen molar-refractivity contribution in [3.8, 4) is 0 Å². The molecule has 1 aromatic heterocycles. The van der Waals surface area contributed by atoms with E-state index in [0.29, 0.717) is 36.9 Å². The molecule has 0 radical (unpaired) electrons. The van der Waals surface area contributed by atoms with Crippen LogP contribution in [0.5, 0.6) is 0 Å². The summed E-state index contributed by atoms with van der Waals surface area (Å²) in [4.78, 5) is 80.3. The van der Waals surface area contributed by atoms with Crippen molar-refractivity contribution in [2.24, 2.45) is 5.73 Å². The topological polar surface area (TPSA) is 233 Å². The van der Waals surface area contributed by atoms with Crippen LogP contribution in [0, 0.1) is 0 Å². The molecule has 1 aliphatic rings. The Labute approximate surface area is 307 Å². The van der Waals surface area contributed by atoms with E-state index in [2.05, 4.69) is 15.6 Å². The van der Waals surface area contributed by atoms with Crippen molar-refractivity contribution >= 4 is 35.5 Å².